The van der Waals surface area contributed by atoms with Crippen molar-refractivity contribution in [3.05, 3.63) is 70.8 Å². The van der Waals surface area contributed by atoms with Gasteiger partial charge in [-0.05, 0) is 72.9 Å². The van der Waals surface area contributed by atoms with E-state index in [1.807, 2.05) is 24.3 Å². The lowest BCUT2D eigenvalue weighted by Crippen LogP contribution is -2.24. The van der Waals surface area contributed by atoms with E-state index in [0.29, 0.717) is 17.9 Å². The molecule has 2 aromatic carbocycles. The van der Waals surface area contributed by atoms with E-state index in [9.17, 15) is 4.79 Å². The van der Waals surface area contributed by atoms with Crippen LogP contribution in [0, 0.1) is 0 Å². The number of ether oxygens (including phenoxy) is 2. The van der Waals surface area contributed by atoms with Crippen molar-refractivity contribution in [3.63, 3.8) is 0 Å². The molecule has 0 radical (unpaired) electrons. The predicted octanol–water partition coefficient (Wildman–Crippen LogP) is 4.58. The maximum atomic E-state index is 13.1. The van der Waals surface area contributed by atoms with Gasteiger partial charge in [-0.2, -0.15) is 11.8 Å². The number of hydrogen-bond donors (Lipinski definition) is 2. The monoisotopic (exact) mass is 462 g/mol. The summed E-state index contributed by atoms with van der Waals surface area (Å²) in [5, 5.41) is 0. The highest BCUT2D eigenvalue weighted by molar-refractivity contribution is 5.98. The SMILES string of the molecule is NOc1ccc(C2(CCC(=O)C3=CCC(Cc4ccc5c(c4)OCO5)=C3)CCCC2)cc1ON. The van der Waals surface area contributed by atoms with Crippen molar-refractivity contribution in [1.29, 1.82) is 0 Å². The summed E-state index contributed by atoms with van der Waals surface area (Å²) >= 11 is 0. The number of fused-ring (bicyclic) bond motifs is 1. The van der Waals surface area contributed by atoms with Crippen LogP contribution in [0.5, 0.6) is 23.0 Å². The van der Waals surface area contributed by atoms with Gasteiger partial charge in [-0.1, -0.05) is 42.7 Å². The maximum absolute atomic E-state index is 13.1. The maximum Gasteiger partial charge on any atom is 0.231 e. The number of allylic oxidation sites excluding steroid dienone is 4. The van der Waals surface area contributed by atoms with Gasteiger partial charge < -0.3 is 19.1 Å². The normalized spacial score (nSPS) is 17.9. The van der Waals surface area contributed by atoms with Crippen LogP contribution >= 0.6 is 0 Å². The number of benzene rings is 2. The first-order chi connectivity index (χ1) is 16.6. The van der Waals surface area contributed by atoms with Gasteiger partial charge in [0.1, 0.15) is 0 Å². The molecule has 0 saturated heterocycles. The predicted molar refractivity (Wildman–Crippen MR) is 128 cm³/mol. The Morgan fingerprint density at radius 3 is 2.56 bits per heavy atom. The molecule has 0 amide bonds. The fourth-order valence-electron chi connectivity index (χ4n) is 5.47. The Labute approximate surface area is 199 Å². The van der Waals surface area contributed by atoms with E-state index in [2.05, 4.69) is 18.2 Å². The lowest BCUT2D eigenvalue weighted by Gasteiger charge is -2.30. The molecular weight excluding hydrogens is 432 g/mol. The molecule has 2 aromatic rings. The second-order valence-electron chi connectivity index (χ2n) is 9.34. The van der Waals surface area contributed by atoms with Crippen LogP contribution in [0.1, 0.15) is 56.1 Å². The van der Waals surface area contributed by atoms with Crippen molar-refractivity contribution >= 4 is 5.78 Å². The topological polar surface area (TPSA) is 106 Å². The average molecular weight is 463 g/mol. The minimum Gasteiger partial charge on any atom is -0.454 e. The Morgan fingerprint density at radius 1 is 0.971 bits per heavy atom. The number of carbonyl (C=O) groups is 1. The summed E-state index contributed by atoms with van der Waals surface area (Å²) in [4.78, 5) is 22.9. The summed E-state index contributed by atoms with van der Waals surface area (Å²) in [5.41, 5.74) is 4.28. The molecule has 4 N–H and O–H groups in total. The summed E-state index contributed by atoms with van der Waals surface area (Å²) in [5.74, 6) is 13.3. The van der Waals surface area contributed by atoms with Crippen molar-refractivity contribution in [3.8, 4) is 23.0 Å². The first-order valence-electron chi connectivity index (χ1n) is 11.8. The Kier molecular flexibility index (Phi) is 6.30. The fraction of sp³-hybridized carbons (Fsp3) is 0.370. The Hall–Kier alpha value is -3.29. The summed E-state index contributed by atoms with van der Waals surface area (Å²) in [7, 11) is 0. The second-order valence-corrected chi connectivity index (χ2v) is 9.34. The standard InChI is InChI=1S/C27H30N2O5/c28-33-24-8-6-21(16-26(24)34-29)27(10-1-2-11-27)12-9-22(30)20-5-3-18(14-20)13-19-4-7-23-25(15-19)32-17-31-23/h4-8,14-16H,1-3,9-13,17,28-29H2. The molecule has 0 bridgehead atoms. The summed E-state index contributed by atoms with van der Waals surface area (Å²) in [6.07, 6.45) is 11.4. The molecular formula is C27H30N2O5. The first kappa shape index (κ1) is 22.5. The molecule has 3 aliphatic rings. The molecule has 2 aliphatic carbocycles. The van der Waals surface area contributed by atoms with Gasteiger partial charge in [-0.15, -0.1) is 0 Å². The van der Waals surface area contributed by atoms with E-state index >= 15 is 0 Å². The molecule has 1 fully saturated rings. The molecule has 0 spiro atoms. The van der Waals surface area contributed by atoms with Gasteiger partial charge in [0.2, 0.25) is 6.79 Å². The van der Waals surface area contributed by atoms with Crippen molar-refractivity contribution in [2.75, 3.05) is 6.79 Å². The highest BCUT2D eigenvalue weighted by Gasteiger charge is 2.36. The Balaban J connectivity index is 1.24. The smallest absolute Gasteiger partial charge is 0.231 e. The molecule has 1 heterocycles. The molecule has 7 heteroatoms. The van der Waals surface area contributed by atoms with Crippen LogP contribution in [-0.4, -0.2) is 12.6 Å². The molecule has 0 aromatic heterocycles. The van der Waals surface area contributed by atoms with Gasteiger partial charge in [0.25, 0.3) is 0 Å². The summed E-state index contributed by atoms with van der Waals surface area (Å²) in [6.45, 7) is 0.272. The van der Waals surface area contributed by atoms with E-state index in [0.717, 1.165) is 73.1 Å². The quantitative estimate of drug-likeness (QED) is 0.525. The number of Topliss-reactive ketones (excluding diaryl/α,β-unsaturated/α-hetero) is 1. The van der Waals surface area contributed by atoms with Gasteiger partial charge >= 0.3 is 0 Å². The third-order valence-electron chi connectivity index (χ3n) is 7.34. The summed E-state index contributed by atoms with van der Waals surface area (Å²) in [6, 6.07) is 11.7. The van der Waals surface area contributed by atoms with Crippen LogP contribution in [0.15, 0.2) is 59.7 Å². The van der Waals surface area contributed by atoms with E-state index < -0.39 is 0 Å². The second kappa shape index (κ2) is 9.52. The highest BCUT2D eigenvalue weighted by atomic mass is 16.7. The van der Waals surface area contributed by atoms with Crippen LogP contribution in [0.4, 0.5) is 0 Å². The van der Waals surface area contributed by atoms with Gasteiger partial charge in [0.15, 0.2) is 28.8 Å². The van der Waals surface area contributed by atoms with E-state index in [1.54, 1.807) is 6.07 Å². The van der Waals surface area contributed by atoms with Gasteiger partial charge in [0.05, 0.1) is 0 Å². The van der Waals surface area contributed by atoms with E-state index in [1.165, 1.54) is 5.57 Å². The van der Waals surface area contributed by atoms with E-state index in [-0.39, 0.29) is 18.0 Å². The minimum atomic E-state index is -0.0612. The first-order valence-corrected chi connectivity index (χ1v) is 11.8. The van der Waals surface area contributed by atoms with Crippen molar-refractivity contribution in [2.45, 2.75) is 56.8 Å². The Morgan fingerprint density at radius 2 is 1.76 bits per heavy atom. The number of nitrogens with two attached hydrogens (primary N) is 2. The largest absolute Gasteiger partial charge is 0.454 e. The minimum absolute atomic E-state index is 0.0612. The van der Waals surface area contributed by atoms with Crippen LogP contribution in [0.3, 0.4) is 0 Å². The number of rotatable bonds is 9. The lowest BCUT2D eigenvalue weighted by molar-refractivity contribution is -0.115. The fourth-order valence-corrected chi connectivity index (χ4v) is 5.47. The van der Waals surface area contributed by atoms with Crippen molar-refractivity contribution < 1.29 is 23.9 Å². The molecule has 0 atom stereocenters. The molecule has 1 aliphatic heterocycles. The Bertz CT molecular complexity index is 1150. The molecule has 34 heavy (non-hydrogen) atoms. The molecule has 7 nitrogen and oxygen atoms in total. The third kappa shape index (κ3) is 4.41. The zero-order valence-corrected chi connectivity index (χ0v) is 19.2. The van der Waals surface area contributed by atoms with Crippen LogP contribution in [-0.2, 0) is 16.6 Å². The number of hydrogen-bond acceptors (Lipinski definition) is 7. The molecule has 0 unspecified atom stereocenters. The zero-order chi connectivity index (χ0) is 23.5. The molecule has 178 valence electrons. The lowest BCUT2D eigenvalue weighted by atomic mass is 9.74. The van der Waals surface area contributed by atoms with Crippen LogP contribution in [0.25, 0.3) is 0 Å². The zero-order valence-electron chi connectivity index (χ0n) is 19.2. The van der Waals surface area contributed by atoms with E-state index in [4.69, 9.17) is 30.9 Å². The van der Waals surface area contributed by atoms with Crippen LogP contribution in [0.2, 0.25) is 0 Å². The van der Waals surface area contributed by atoms with Gasteiger partial charge in [-0.25, -0.2) is 0 Å². The van der Waals surface area contributed by atoms with Crippen LogP contribution < -0.4 is 30.9 Å². The van der Waals surface area contributed by atoms with Crippen molar-refractivity contribution in [1.82, 2.24) is 0 Å². The molecule has 1 saturated carbocycles. The third-order valence-corrected chi connectivity index (χ3v) is 7.34. The van der Waals surface area contributed by atoms with Crippen molar-refractivity contribution in [2.24, 2.45) is 11.8 Å². The number of carbonyl (C=O) groups excluding carboxylic acids is 1. The highest BCUT2D eigenvalue weighted by Crippen LogP contribution is 2.47. The molecule has 5 rings (SSSR count). The van der Waals surface area contributed by atoms with Gasteiger partial charge in [-0.3, -0.25) is 4.79 Å². The van der Waals surface area contributed by atoms with Gasteiger partial charge in [0, 0.05) is 12.0 Å². The average Bonchev–Trinajstić information content (AvgIpc) is 3.63. The number of ketones is 1. The summed E-state index contributed by atoms with van der Waals surface area (Å²) < 4.78 is 10.9.